The Bertz CT molecular complexity index is 4100. The van der Waals surface area contributed by atoms with Gasteiger partial charge in [-0.05, 0) is 137 Å². The van der Waals surface area contributed by atoms with Gasteiger partial charge in [0.05, 0.1) is 79.5 Å². The number of halogens is 6. The van der Waals surface area contributed by atoms with E-state index in [2.05, 4.69) is 18.2 Å². The van der Waals surface area contributed by atoms with E-state index in [0.29, 0.717) is 39.7 Å². The quantitative estimate of drug-likeness (QED) is 0.156. The molecule has 11 aromatic rings. The molecule has 2 heterocycles. The molecular weight excluding hydrogens is 893 g/mol. The molecule has 0 bridgehead atoms. The Kier molecular flexibility index (Phi) is 10.2. The zero-order valence-corrected chi connectivity index (χ0v) is 36.4. The second-order valence-corrected chi connectivity index (χ2v) is 16.9. The lowest BCUT2D eigenvalue weighted by Crippen LogP contribution is -2.12. The van der Waals surface area contributed by atoms with Crippen molar-refractivity contribution in [3.8, 4) is 74.1 Å². The van der Waals surface area contributed by atoms with Gasteiger partial charge in [0.15, 0.2) is 0 Å². The molecule has 0 atom stereocenters. The third kappa shape index (κ3) is 7.27. The largest absolute Gasteiger partial charge is 0.417 e. The monoisotopic (exact) mass is 923 g/mol. The standard InChI is InChI=1S/C59H31F6N5/c60-58(61,62)43-19-20-44(51(31-43)59(63,64)65)42-18-24-57(70-53-14-4-2-12-46(53)49-29-41(17-23-56(49)70)39-10-6-8-36(26-39)33-67)50(30-42)47-27-37(34-68)15-21-54(47)69-52-13-3-1-11-45(52)48-28-40(16-22-55(48)69)38-9-5-7-35(25-38)32-66/h1-31H. The highest BCUT2D eigenvalue weighted by atomic mass is 19.4. The number of hydrogen-bond donors (Lipinski definition) is 0. The van der Waals surface area contributed by atoms with Gasteiger partial charge < -0.3 is 9.13 Å². The van der Waals surface area contributed by atoms with Crippen LogP contribution in [-0.4, -0.2) is 9.13 Å². The van der Waals surface area contributed by atoms with Gasteiger partial charge in [0.25, 0.3) is 0 Å². The molecule has 0 fully saturated rings. The van der Waals surface area contributed by atoms with E-state index in [-0.39, 0.29) is 17.2 Å². The number of benzene rings is 9. The van der Waals surface area contributed by atoms with Crippen LogP contribution in [0.1, 0.15) is 27.8 Å². The first kappa shape index (κ1) is 43.2. The Hall–Kier alpha value is -9.37. The Labute approximate surface area is 395 Å². The molecule has 5 nitrogen and oxygen atoms in total. The van der Waals surface area contributed by atoms with Crippen molar-refractivity contribution < 1.29 is 26.3 Å². The van der Waals surface area contributed by atoms with Crippen LogP contribution in [-0.2, 0) is 12.4 Å². The van der Waals surface area contributed by atoms with Crippen LogP contribution in [0.2, 0.25) is 0 Å². The van der Waals surface area contributed by atoms with Crippen molar-refractivity contribution in [2.45, 2.75) is 12.4 Å². The molecule has 0 spiro atoms. The van der Waals surface area contributed by atoms with E-state index in [1.54, 1.807) is 48.5 Å². The van der Waals surface area contributed by atoms with Crippen LogP contribution >= 0.6 is 0 Å². The molecule has 334 valence electrons. The summed E-state index contributed by atoms with van der Waals surface area (Å²) < 4.78 is 90.9. The van der Waals surface area contributed by atoms with Crippen LogP contribution in [0.15, 0.2) is 188 Å². The highest BCUT2D eigenvalue weighted by Gasteiger charge is 2.38. The lowest BCUT2D eigenvalue weighted by Gasteiger charge is -2.21. The Morgan fingerprint density at radius 1 is 0.329 bits per heavy atom. The van der Waals surface area contributed by atoms with Gasteiger partial charge in [0, 0.05) is 32.7 Å². The van der Waals surface area contributed by atoms with Gasteiger partial charge in [-0.15, -0.1) is 0 Å². The maximum Gasteiger partial charge on any atom is 0.417 e. The third-order valence-electron chi connectivity index (χ3n) is 12.9. The number of rotatable bonds is 6. The fourth-order valence-corrected chi connectivity index (χ4v) is 9.70. The summed E-state index contributed by atoms with van der Waals surface area (Å²) in [7, 11) is 0. The molecule has 2 aromatic heterocycles. The molecule has 9 aromatic carbocycles. The van der Waals surface area contributed by atoms with E-state index in [4.69, 9.17) is 0 Å². The smallest absolute Gasteiger partial charge is 0.309 e. The molecule has 0 saturated carbocycles. The number of hydrogen-bond acceptors (Lipinski definition) is 3. The van der Waals surface area contributed by atoms with Gasteiger partial charge >= 0.3 is 12.4 Å². The number of alkyl halides is 6. The Balaban J connectivity index is 1.22. The van der Waals surface area contributed by atoms with Gasteiger partial charge in [-0.3, -0.25) is 0 Å². The van der Waals surface area contributed by atoms with Crippen molar-refractivity contribution in [3.63, 3.8) is 0 Å². The number of nitriles is 3. The molecule has 0 radical (unpaired) electrons. The summed E-state index contributed by atoms with van der Waals surface area (Å²) in [5.74, 6) is 0. The highest BCUT2D eigenvalue weighted by molar-refractivity contribution is 6.13. The molecule has 0 aliphatic heterocycles. The van der Waals surface area contributed by atoms with E-state index < -0.39 is 29.0 Å². The molecule has 0 aliphatic rings. The lowest BCUT2D eigenvalue weighted by atomic mass is 9.92. The van der Waals surface area contributed by atoms with E-state index in [1.165, 1.54) is 6.07 Å². The van der Waals surface area contributed by atoms with E-state index in [0.717, 1.165) is 71.9 Å². The van der Waals surface area contributed by atoms with Crippen molar-refractivity contribution >= 4 is 43.6 Å². The second kappa shape index (κ2) is 16.4. The van der Waals surface area contributed by atoms with Gasteiger partial charge in [0.1, 0.15) is 0 Å². The molecule has 0 N–H and O–H groups in total. The van der Waals surface area contributed by atoms with Gasteiger partial charge in [-0.1, -0.05) is 84.9 Å². The maximum absolute atomic E-state index is 15.0. The fraction of sp³-hybridized carbons (Fsp3) is 0.0339. The summed E-state index contributed by atoms with van der Waals surface area (Å²) in [5.41, 5.74) is 6.31. The van der Waals surface area contributed by atoms with E-state index in [9.17, 15) is 42.1 Å². The second-order valence-electron chi connectivity index (χ2n) is 16.9. The minimum absolute atomic E-state index is 0.00000164. The number of nitrogens with zero attached hydrogens (tertiary/aromatic N) is 5. The van der Waals surface area contributed by atoms with Crippen molar-refractivity contribution in [1.82, 2.24) is 9.13 Å². The topological polar surface area (TPSA) is 81.2 Å². The summed E-state index contributed by atoms with van der Waals surface area (Å²) >= 11 is 0. The predicted octanol–water partition coefficient (Wildman–Crippen LogP) is 16.2. The van der Waals surface area contributed by atoms with Crippen LogP contribution in [0.4, 0.5) is 26.3 Å². The molecular formula is C59H31F6N5. The first-order valence-electron chi connectivity index (χ1n) is 21.9. The van der Waals surface area contributed by atoms with Crippen LogP contribution in [0.25, 0.3) is 99.5 Å². The summed E-state index contributed by atoms with van der Waals surface area (Å²) in [4.78, 5) is 0. The fourth-order valence-electron chi connectivity index (χ4n) is 9.70. The normalized spacial score (nSPS) is 11.8. The van der Waals surface area contributed by atoms with Crippen LogP contribution in [0.3, 0.4) is 0 Å². The summed E-state index contributed by atoms with van der Waals surface area (Å²) in [6.07, 6.45) is -10.2. The molecule has 11 heteroatoms. The summed E-state index contributed by atoms with van der Waals surface area (Å²) in [5, 5.41) is 33.3. The average molecular weight is 924 g/mol. The zero-order valence-electron chi connectivity index (χ0n) is 36.4. The Morgan fingerprint density at radius 2 is 0.786 bits per heavy atom. The molecule has 0 aliphatic carbocycles. The van der Waals surface area contributed by atoms with Crippen LogP contribution in [0, 0.1) is 34.0 Å². The lowest BCUT2D eigenvalue weighted by molar-refractivity contribution is -0.142. The molecule has 11 rings (SSSR count). The van der Waals surface area contributed by atoms with Crippen molar-refractivity contribution in [2.75, 3.05) is 0 Å². The first-order chi connectivity index (χ1) is 33.8. The SMILES string of the molecule is N#Cc1cccc(-c2ccc3c(c2)c2ccccc2n3-c2ccc(C#N)cc2-c2cc(-c3ccc(C(F)(F)F)cc3C(F)(F)F)ccc2-n2c3ccccc3c3cc(-c4cccc(C#N)c4)ccc32)c1. The summed E-state index contributed by atoms with van der Waals surface area (Å²) in [6, 6.07) is 60.1. The predicted molar refractivity (Wildman–Crippen MR) is 261 cm³/mol. The minimum atomic E-state index is -5.16. The first-order valence-corrected chi connectivity index (χ1v) is 21.9. The zero-order chi connectivity index (χ0) is 48.5. The van der Waals surface area contributed by atoms with Gasteiger partial charge in [-0.25, -0.2) is 0 Å². The number of fused-ring (bicyclic) bond motifs is 6. The van der Waals surface area contributed by atoms with Gasteiger partial charge in [0.2, 0.25) is 0 Å². The van der Waals surface area contributed by atoms with E-state index in [1.807, 2.05) is 124 Å². The van der Waals surface area contributed by atoms with Gasteiger partial charge in [-0.2, -0.15) is 42.1 Å². The molecule has 70 heavy (non-hydrogen) atoms. The molecule has 0 amide bonds. The van der Waals surface area contributed by atoms with Crippen LogP contribution in [0.5, 0.6) is 0 Å². The van der Waals surface area contributed by atoms with E-state index >= 15 is 0 Å². The third-order valence-corrected chi connectivity index (χ3v) is 12.9. The van der Waals surface area contributed by atoms with Crippen molar-refractivity contribution in [3.05, 3.63) is 216 Å². The van der Waals surface area contributed by atoms with Crippen LogP contribution < -0.4 is 0 Å². The number of aromatic nitrogens is 2. The number of para-hydroxylation sites is 2. The van der Waals surface area contributed by atoms with Crippen molar-refractivity contribution in [2.24, 2.45) is 0 Å². The Morgan fingerprint density at radius 3 is 1.30 bits per heavy atom. The average Bonchev–Trinajstić information content (AvgIpc) is 3.89. The molecule has 0 unspecified atom stereocenters. The summed E-state index contributed by atoms with van der Waals surface area (Å²) in [6.45, 7) is 0. The highest BCUT2D eigenvalue weighted by Crippen LogP contribution is 2.46. The molecule has 0 saturated heterocycles. The van der Waals surface area contributed by atoms with Crippen molar-refractivity contribution in [1.29, 1.82) is 15.8 Å². The maximum atomic E-state index is 15.0. The minimum Gasteiger partial charge on any atom is -0.309 e.